The smallest absolute Gasteiger partial charge is 0.251 e. The van der Waals surface area contributed by atoms with E-state index in [1.54, 1.807) is 0 Å². The molecule has 100 valence electrons. The summed E-state index contributed by atoms with van der Waals surface area (Å²) in [6.45, 7) is 2.65. The first-order chi connectivity index (χ1) is 9.24. The second kappa shape index (κ2) is 6.34. The van der Waals surface area contributed by atoms with Gasteiger partial charge in [-0.1, -0.05) is 37.3 Å². The molecule has 0 fully saturated rings. The molecule has 0 aliphatic rings. The van der Waals surface area contributed by atoms with Crippen molar-refractivity contribution < 1.29 is 4.79 Å². The van der Waals surface area contributed by atoms with E-state index in [0.29, 0.717) is 12.1 Å². The van der Waals surface area contributed by atoms with Gasteiger partial charge >= 0.3 is 0 Å². The Kier molecular flexibility index (Phi) is 4.53. The van der Waals surface area contributed by atoms with Crippen LogP contribution in [0, 0.1) is 0 Å². The third kappa shape index (κ3) is 3.32. The van der Waals surface area contributed by atoms with Crippen molar-refractivity contribution >= 4 is 16.7 Å². The Labute approximate surface area is 113 Å². The van der Waals surface area contributed by atoms with Gasteiger partial charge in [-0.15, -0.1) is 0 Å². The molecule has 0 saturated carbocycles. The second-order valence-corrected chi connectivity index (χ2v) is 4.72. The SMILES string of the molecule is CCC(CCN)NC(=O)c1ccc2ccccc2c1. The van der Waals surface area contributed by atoms with E-state index in [4.69, 9.17) is 5.73 Å². The zero-order chi connectivity index (χ0) is 13.7. The minimum atomic E-state index is -0.0222. The molecule has 2 aromatic carbocycles. The first-order valence-corrected chi connectivity index (χ1v) is 6.74. The van der Waals surface area contributed by atoms with E-state index in [0.717, 1.165) is 23.6 Å². The fourth-order valence-corrected chi connectivity index (χ4v) is 2.18. The number of carbonyl (C=O) groups excluding carboxylic acids is 1. The predicted octanol–water partition coefficient (Wildman–Crippen LogP) is 2.70. The summed E-state index contributed by atoms with van der Waals surface area (Å²) in [5, 5.41) is 5.26. The standard InChI is InChI=1S/C16H20N2O/c1-2-15(9-10-17)18-16(19)14-8-7-12-5-3-4-6-13(12)11-14/h3-8,11,15H,2,9-10,17H2,1H3,(H,18,19). The number of nitrogens with two attached hydrogens (primary N) is 1. The normalized spacial score (nSPS) is 12.3. The Morgan fingerprint density at radius 1 is 1.21 bits per heavy atom. The van der Waals surface area contributed by atoms with Crippen molar-refractivity contribution in [2.24, 2.45) is 5.73 Å². The van der Waals surface area contributed by atoms with Crippen LogP contribution in [-0.4, -0.2) is 18.5 Å². The fraction of sp³-hybridized carbons (Fsp3) is 0.312. The molecule has 1 unspecified atom stereocenters. The maximum atomic E-state index is 12.2. The minimum absolute atomic E-state index is 0.0222. The van der Waals surface area contributed by atoms with Crippen LogP contribution in [0.2, 0.25) is 0 Å². The van der Waals surface area contributed by atoms with Crippen LogP contribution in [0.3, 0.4) is 0 Å². The quantitative estimate of drug-likeness (QED) is 0.864. The number of hydrogen-bond acceptors (Lipinski definition) is 2. The first kappa shape index (κ1) is 13.6. The Morgan fingerprint density at radius 2 is 1.95 bits per heavy atom. The molecule has 2 rings (SSSR count). The van der Waals surface area contributed by atoms with Gasteiger partial charge in [-0.2, -0.15) is 0 Å². The van der Waals surface area contributed by atoms with Gasteiger partial charge < -0.3 is 11.1 Å². The molecule has 0 radical (unpaired) electrons. The maximum absolute atomic E-state index is 12.2. The molecule has 3 nitrogen and oxygen atoms in total. The van der Waals surface area contributed by atoms with E-state index in [9.17, 15) is 4.79 Å². The molecule has 0 aliphatic carbocycles. The van der Waals surface area contributed by atoms with Crippen LogP contribution in [-0.2, 0) is 0 Å². The van der Waals surface area contributed by atoms with Crippen LogP contribution >= 0.6 is 0 Å². The van der Waals surface area contributed by atoms with Crippen molar-refractivity contribution in [3.8, 4) is 0 Å². The van der Waals surface area contributed by atoms with E-state index >= 15 is 0 Å². The van der Waals surface area contributed by atoms with Gasteiger partial charge in [0.05, 0.1) is 0 Å². The molecule has 0 spiro atoms. The van der Waals surface area contributed by atoms with E-state index in [1.807, 2.05) is 42.5 Å². The summed E-state index contributed by atoms with van der Waals surface area (Å²) in [7, 11) is 0. The van der Waals surface area contributed by atoms with Gasteiger partial charge in [0.25, 0.3) is 5.91 Å². The number of rotatable bonds is 5. The van der Waals surface area contributed by atoms with E-state index in [-0.39, 0.29) is 11.9 Å². The molecule has 0 saturated heterocycles. The highest BCUT2D eigenvalue weighted by molar-refractivity contribution is 5.98. The third-order valence-electron chi connectivity index (χ3n) is 3.35. The monoisotopic (exact) mass is 256 g/mol. The number of benzene rings is 2. The van der Waals surface area contributed by atoms with Crippen molar-refractivity contribution in [3.05, 3.63) is 48.0 Å². The first-order valence-electron chi connectivity index (χ1n) is 6.74. The Bertz CT molecular complexity index is 565. The molecular weight excluding hydrogens is 236 g/mol. The third-order valence-corrected chi connectivity index (χ3v) is 3.35. The summed E-state index contributed by atoms with van der Waals surface area (Å²) < 4.78 is 0. The predicted molar refractivity (Wildman–Crippen MR) is 79.2 cm³/mol. The van der Waals surface area contributed by atoms with Crippen LogP contribution in [0.15, 0.2) is 42.5 Å². The van der Waals surface area contributed by atoms with Gasteiger partial charge in [0, 0.05) is 11.6 Å². The highest BCUT2D eigenvalue weighted by atomic mass is 16.1. The van der Waals surface area contributed by atoms with Crippen LogP contribution in [0.5, 0.6) is 0 Å². The lowest BCUT2D eigenvalue weighted by Gasteiger charge is -2.16. The maximum Gasteiger partial charge on any atom is 0.251 e. The van der Waals surface area contributed by atoms with E-state index in [1.165, 1.54) is 0 Å². The summed E-state index contributed by atoms with van der Waals surface area (Å²) in [6, 6.07) is 14.0. The van der Waals surface area contributed by atoms with Gasteiger partial charge in [-0.3, -0.25) is 4.79 Å². The number of fused-ring (bicyclic) bond motifs is 1. The topological polar surface area (TPSA) is 55.1 Å². The van der Waals surface area contributed by atoms with Crippen molar-refractivity contribution in [3.63, 3.8) is 0 Å². The van der Waals surface area contributed by atoms with Gasteiger partial charge in [0.15, 0.2) is 0 Å². The highest BCUT2D eigenvalue weighted by Gasteiger charge is 2.11. The summed E-state index contributed by atoms with van der Waals surface area (Å²) in [5.41, 5.74) is 6.25. The molecule has 1 atom stereocenters. The minimum Gasteiger partial charge on any atom is -0.349 e. The zero-order valence-electron chi connectivity index (χ0n) is 11.2. The van der Waals surface area contributed by atoms with E-state index in [2.05, 4.69) is 12.2 Å². The second-order valence-electron chi connectivity index (χ2n) is 4.72. The van der Waals surface area contributed by atoms with Gasteiger partial charge in [-0.05, 0) is 42.3 Å². The fourth-order valence-electron chi connectivity index (χ4n) is 2.18. The molecule has 19 heavy (non-hydrogen) atoms. The summed E-state index contributed by atoms with van der Waals surface area (Å²) in [4.78, 5) is 12.2. The zero-order valence-corrected chi connectivity index (χ0v) is 11.2. The molecular formula is C16H20N2O. The molecule has 0 bridgehead atoms. The van der Waals surface area contributed by atoms with E-state index < -0.39 is 0 Å². The van der Waals surface area contributed by atoms with Gasteiger partial charge in [0.2, 0.25) is 0 Å². The Morgan fingerprint density at radius 3 is 2.63 bits per heavy atom. The highest BCUT2D eigenvalue weighted by Crippen LogP contribution is 2.15. The summed E-state index contributed by atoms with van der Waals surface area (Å²) >= 11 is 0. The van der Waals surface area contributed by atoms with Crippen LogP contribution < -0.4 is 11.1 Å². The number of amides is 1. The molecule has 3 heteroatoms. The average Bonchev–Trinajstić information content (AvgIpc) is 2.46. The lowest BCUT2D eigenvalue weighted by Crippen LogP contribution is -2.35. The Hall–Kier alpha value is -1.87. The van der Waals surface area contributed by atoms with Crippen LogP contribution in [0.25, 0.3) is 10.8 Å². The Balaban J connectivity index is 2.16. The van der Waals surface area contributed by atoms with Gasteiger partial charge in [-0.25, -0.2) is 0 Å². The number of nitrogens with one attached hydrogen (secondary N) is 1. The van der Waals surface area contributed by atoms with Crippen molar-refractivity contribution in [2.75, 3.05) is 6.54 Å². The molecule has 0 heterocycles. The lowest BCUT2D eigenvalue weighted by atomic mass is 10.1. The molecule has 0 aromatic heterocycles. The summed E-state index contributed by atoms with van der Waals surface area (Å²) in [6.07, 6.45) is 1.71. The van der Waals surface area contributed by atoms with Crippen molar-refractivity contribution in [1.29, 1.82) is 0 Å². The number of carbonyl (C=O) groups is 1. The van der Waals surface area contributed by atoms with Crippen LogP contribution in [0.1, 0.15) is 30.1 Å². The molecule has 3 N–H and O–H groups in total. The summed E-state index contributed by atoms with van der Waals surface area (Å²) in [5.74, 6) is -0.0222. The molecule has 1 amide bonds. The van der Waals surface area contributed by atoms with Crippen LogP contribution in [0.4, 0.5) is 0 Å². The van der Waals surface area contributed by atoms with Gasteiger partial charge in [0.1, 0.15) is 0 Å². The molecule has 2 aromatic rings. The largest absolute Gasteiger partial charge is 0.349 e. The lowest BCUT2D eigenvalue weighted by molar-refractivity contribution is 0.0934. The average molecular weight is 256 g/mol. The van der Waals surface area contributed by atoms with Crippen molar-refractivity contribution in [1.82, 2.24) is 5.32 Å². The number of hydrogen-bond donors (Lipinski definition) is 2. The molecule has 0 aliphatic heterocycles. The van der Waals surface area contributed by atoms with Crippen molar-refractivity contribution in [2.45, 2.75) is 25.8 Å².